The van der Waals surface area contributed by atoms with E-state index in [-0.39, 0.29) is 12.0 Å². The normalized spacial score (nSPS) is 12.5. The number of ether oxygens (including phenoxy) is 2. The molecule has 0 unspecified atom stereocenters. The van der Waals surface area contributed by atoms with Crippen LogP contribution in [0.4, 0.5) is 5.82 Å². The van der Waals surface area contributed by atoms with E-state index in [1.165, 1.54) is 7.11 Å². The van der Waals surface area contributed by atoms with Crippen LogP contribution < -0.4 is 15.8 Å². The van der Waals surface area contributed by atoms with E-state index in [9.17, 15) is 4.79 Å². The molecule has 0 aliphatic rings. The van der Waals surface area contributed by atoms with E-state index in [1.54, 1.807) is 19.1 Å². The monoisotopic (exact) mass is 325 g/mol. The predicted octanol–water partition coefficient (Wildman–Crippen LogP) is 3.22. The summed E-state index contributed by atoms with van der Waals surface area (Å²) in [6.45, 7) is 10.3. The quantitative estimate of drug-likeness (QED) is 0.749. The molecule has 0 bridgehead atoms. The summed E-state index contributed by atoms with van der Waals surface area (Å²) < 4.78 is 10.0. The fourth-order valence-corrected chi connectivity index (χ4v) is 1.37. The van der Waals surface area contributed by atoms with Gasteiger partial charge in [-0.25, -0.2) is 4.79 Å². The zero-order valence-electron chi connectivity index (χ0n) is 15.2. The second kappa shape index (κ2) is 11.7. The van der Waals surface area contributed by atoms with E-state index in [4.69, 9.17) is 15.2 Å². The Labute approximate surface area is 139 Å². The number of hydrogen-bond donors (Lipinski definition) is 2. The van der Waals surface area contributed by atoms with Crippen LogP contribution in [0, 0.1) is 0 Å². The fraction of sp³-hybridized carbons (Fsp3) is 0.647. The van der Waals surface area contributed by atoms with Gasteiger partial charge in [-0.15, -0.1) is 0 Å². The Morgan fingerprint density at radius 1 is 1.26 bits per heavy atom. The molecule has 0 aliphatic heterocycles. The first kappa shape index (κ1) is 21.2. The van der Waals surface area contributed by atoms with Crippen molar-refractivity contribution in [3.63, 3.8) is 0 Å². The molecule has 1 rings (SSSR count). The van der Waals surface area contributed by atoms with Crippen LogP contribution in [-0.2, 0) is 4.74 Å². The molecule has 0 spiro atoms. The molecule has 0 saturated carbocycles. The molecule has 0 radical (unpaired) electrons. The number of nitrogens with zero attached hydrogens (tertiary/aromatic N) is 1. The Kier molecular flexibility index (Phi) is 10.8. The van der Waals surface area contributed by atoms with Gasteiger partial charge in [0.05, 0.1) is 19.3 Å². The molecule has 6 nitrogen and oxygen atoms in total. The van der Waals surface area contributed by atoms with Crippen molar-refractivity contribution in [2.45, 2.75) is 59.5 Å². The first-order chi connectivity index (χ1) is 10.9. The van der Waals surface area contributed by atoms with Gasteiger partial charge in [0, 0.05) is 18.2 Å². The molecule has 0 amide bonds. The van der Waals surface area contributed by atoms with Crippen molar-refractivity contribution >= 4 is 11.8 Å². The maximum atomic E-state index is 11.7. The minimum absolute atomic E-state index is 0.277. The van der Waals surface area contributed by atoms with Gasteiger partial charge in [-0.1, -0.05) is 13.8 Å². The maximum absolute atomic E-state index is 11.7. The number of pyridine rings is 1. The summed E-state index contributed by atoms with van der Waals surface area (Å²) in [5, 5.41) is 3.20. The van der Waals surface area contributed by atoms with Crippen LogP contribution in [0.2, 0.25) is 0 Å². The van der Waals surface area contributed by atoms with Crippen molar-refractivity contribution < 1.29 is 14.3 Å². The summed E-state index contributed by atoms with van der Waals surface area (Å²) in [7, 11) is 1.52. The van der Waals surface area contributed by atoms with Crippen LogP contribution in [-0.4, -0.2) is 36.8 Å². The average molecular weight is 325 g/mol. The summed E-state index contributed by atoms with van der Waals surface area (Å²) >= 11 is 0. The van der Waals surface area contributed by atoms with Gasteiger partial charge in [-0.3, -0.25) is 0 Å². The fourth-order valence-electron chi connectivity index (χ4n) is 1.37. The molecular formula is C17H31N3O3. The minimum atomic E-state index is -0.370. The number of carbonyl (C=O) groups excluding carboxylic acids is 1. The van der Waals surface area contributed by atoms with Gasteiger partial charge in [0.2, 0.25) is 5.88 Å². The van der Waals surface area contributed by atoms with Crippen molar-refractivity contribution in [1.29, 1.82) is 0 Å². The number of nitrogens with one attached hydrogen (secondary N) is 1. The summed E-state index contributed by atoms with van der Waals surface area (Å²) in [4.78, 5) is 15.9. The largest absolute Gasteiger partial charge is 0.481 e. The Bertz CT molecular complexity index is 464. The third kappa shape index (κ3) is 9.03. The number of esters is 1. The highest BCUT2D eigenvalue weighted by atomic mass is 16.5. The first-order valence-corrected chi connectivity index (χ1v) is 8.13. The Hall–Kier alpha value is -1.82. The van der Waals surface area contributed by atoms with Crippen molar-refractivity contribution in [2.24, 2.45) is 5.73 Å². The highest BCUT2D eigenvalue weighted by Crippen LogP contribution is 2.18. The second-order valence-corrected chi connectivity index (χ2v) is 5.34. The molecule has 132 valence electrons. The van der Waals surface area contributed by atoms with E-state index >= 15 is 0 Å². The first-order valence-electron chi connectivity index (χ1n) is 8.13. The van der Waals surface area contributed by atoms with Crippen LogP contribution in [0.3, 0.4) is 0 Å². The molecule has 3 N–H and O–H groups in total. The molecule has 23 heavy (non-hydrogen) atoms. The number of nitrogens with two attached hydrogens (primary N) is 1. The van der Waals surface area contributed by atoms with E-state index in [0.717, 1.165) is 12.8 Å². The van der Waals surface area contributed by atoms with Gasteiger partial charge in [0.15, 0.2) is 0 Å². The SMILES string of the molecule is CCOC(=O)c1cc(N[C@@H](C)CC)nc(OC)c1.CC[C@H](C)N. The molecule has 0 aromatic carbocycles. The van der Waals surface area contributed by atoms with Crippen LogP contribution in [0.15, 0.2) is 12.1 Å². The highest BCUT2D eigenvalue weighted by molar-refractivity contribution is 5.90. The number of hydrogen-bond acceptors (Lipinski definition) is 6. The average Bonchev–Trinajstić information content (AvgIpc) is 2.55. The lowest BCUT2D eigenvalue weighted by molar-refractivity contribution is 0.0526. The number of methoxy groups -OCH3 is 1. The van der Waals surface area contributed by atoms with E-state index in [1.807, 2.05) is 13.8 Å². The third-order valence-electron chi connectivity index (χ3n) is 3.17. The molecule has 1 aromatic heterocycles. The third-order valence-corrected chi connectivity index (χ3v) is 3.17. The smallest absolute Gasteiger partial charge is 0.338 e. The molecule has 6 heteroatoms. The predicted molar refractivity (Wildman–Crippen MR) is 94.1 cm³/mol. The van der Waals surface area contributed by atoms with Crippen molar-refractivity contribution in [3.05, 3.63) is 17.7 Å². The highest BCUT2D eigenvalue weighted by Gasteiger charge is 2.12. The number of rotatable bonds is 7. The van der Waals surface area contributed by atoms with Crippen molar-refractivity contribution in [3.8, 4) is 5.88 Å². The molecule has 0 aliphatic carbocycles. The molecule has 1 heterocycles. The van der Waals surface area contributed by atoms with Crippen LogP contribution in [0.5, 0.6) is 5.88 Å². The summed E-state index contributed by atoms with van der Waals surface area (Å²) in [6.07, 6.45) is 2.05. The molecular weight excluding hydrogens is 294 g/mol. The standard InChI is InChI=1S/C13H20N2O3.C4H11N/c1-5-9(3)14-11-7-10(13(16)18-6-2)8-12(15-11)17-4;1-3-4(2)5/h7-9H,5-6H2,1-4H3,(H,14,15);4H,3,5H2,1-2H3/t9-;4-/m00/s1. The van der Waals surface area contributed by atoms with Gasteiger partial charge < -0.3 is 20.5 Å². The van der Waals surface area contributed by atoms with Gasteiger partial charge in [-0.2, -0.15) is 4.98 Å². The lowest BCUT2D eigenvalue weighted by Crippen LogP contribution is -2.15. The van der Waals surface area contributed by atoms with Gasteiger partial charge in [0.1, 0.15) is 5.82 Å². The number of carbonyl (C=O) groups is 1. The van der Waals surface area contributed by atoms with Crippen LogP contribution >= 0.6 is 0 Å². The zero-order valence-corrected chi connectivity index (χ0v) is 15.2. The maximum Gasteiger partial charge on any atom is 0.338 e. The molecule has 0 fully saturated rings. The Morgan fingerprint density at radius 3 is 2.30 bits per heavy atom. The summed E-state index contributed by atoms with van der Waals surface area (Å²) in [5.74, 6) is 0.642. The zero-order chi connectivity index (χ0) is 17.8. The molecule has 2 atom stereocenters. The second-order valence-electron chi connectivity index (χ2n) is 5.34. The van der Waals surface area contributed by atoms with Crippen molar-refractivity contribution in [1.82, 2.24) is 4.98 Å². The summed E-state index contributed by atoms with van der Waals surface area (Å²) in [5.41, 5.74) is 5.73. The molecule has 1 aromatic rings. The lowest BCUT2D eigenvalue weighted by atomic mass is 10.2. The van der Waals surface area contributed by atoms with E-state index < -0.39 is 0 Å². The molecule has 0 saturated heterocycles. The van der Waals surface area contributed by atoms with Gasteiger partial charge >= 0.3 is 5.97 Å². The minimum Gasteiger partial charge on any atom is -0.481 e. The number of anilines is 1. The Morgan fingerprint density at radius 2 is 1.87 bits per heavy atom. The van der Waals surface area contributed by atoms with Crippen LogP contribution in [0.1, 0.15) is 57.8 Å². The van der Waals surface area contributed by atoms with Crippen molar-refractivity contribution in [2.75, 3.05) is 19.0 Å². The van der Waals surface area contributed by atoms with E-state index in [2.05, 4.69) is 24.1 Å². The topological polar surface area (TPSA) is 86.5 Å². The van der Waals surface area contributed by atoms with Crippen LogP contribution in [0.25, 0.3) is 0 Å². The van der Waals surface area contributed by atoms with E-state index in [0.29, 0.717) is 29.9 Å². The lowest BCUT2D eigenvalue weighted by Gasteiger charge is -2.14. The van der Waals surface area contributed by atoms with Gasteiger partial charge in [0.25, 0.3) is 0 Å². The number of aromatic nitrogens is 1. The Balaban J connectivity index is 0.000000841. The summed E-state index contributed by atoms with van der Waals surface area (Å²) in [6, 6.07) is 3.90. The van der Waals surface area contributed by atoms with Gasteiger partial charge in [-0.05, 0) is 39.7 Å².